The van der Waals surface area contributed by atoms with Gasteiger partial charge in [-0.1, -0.05) is 12.1 Å². The predicted molar refractivity (Wildman–Crippen MR) is 50.0 cm³/mol. The van der Waals surface area contributed by atoms with Crippen molar-refractivity contribution in [2.45, 2.75) is 6.42 Å². The largest absolute Gasteiger partial charge is 0.478 e. The highest BCUT2D eigenvalue weighted by Gasteiger charge is 1.98. The molecule has 3 N–H and O–H groups in total. The number of aliphatic carboxylic acids is 1. The van der Waals surface area contributed by atoms with Gasteiger partial charge in [-0.3, -0.25) is 0 Å². The van der Waals surface area contributed by atoms with Crippen LogP contribution in [0.3, 0.4) is 0 Å². The third-order valence-corrected chi connectivity index (χ3v) is 1.63. The van der Waals surface area contributed by atoms with E-state index in [2.05, 4.69) is 0 Å². The third kappa shape index (κ3) is 3.26. The Kier molecular flexibility index (Phi) is 3.23. The van der Waals surface area contributed by atoms with Gasteiger partial charge >= 0.3 is 5.97 Å². The first-order valence-corrected chi connectivity index (χ1v) is 4.01. The van der Waals surface area contributed by atoms with Crippen molar-refractivity contribution in [3.8, 4) is 0 Å². The van der Waals surface area contributed by atoms with Crippen LogP contribution in [0.15, 0.2) is 36.0 Å². The van der Waals surface area contributed by atoms with Crippen molar-refractivity contribution < 1.29 is 14.3 Å². The molecule has 3 nitrogen and oxygen atoms in total. The molecule has 4 heteroatoms. The maximum absolute atomic E-state index is 12.5. The van der Waals surface area contributed by atoms with Gasteiger partial charge in [0.05, 0.1) is 0 Å². The van der Waals surface area contributed by atoms with E-state index in [9.17, 15) is 9.18 Å². The molecule has 0 unspecified atom stereocenters. The molecule has 0 radical (unpaired) electrons. The molecule has 0 spiro atoms. The maximum Gasteiger partial charge on any atom is 0.330 e. The van der Waals surface area contributed by atoms with Crippen LogP contribution in [0.2, 0.25) is 0 Å². The van der Waals surface area contributed by atoms with Crippen molar-refractivity contribution in [1.29, 1.82) is 0 Å². The first-order valence-electron chi connectivity index (χ1n) is 4.01. The van der Waals surface area contributed by atoms with Crippen molar-refractivity contribution >= 4 is 5.97 Å². The molecule has 1 aromatic carbocycles. The topological polar surface area (TPSA) is 63.3 Å². The molecule has 0 amide bonds. The fourth-order valence-corrected chi connectivity index (χ4v) is 1.05. The number of hydrogen-bond donors (Lipinski definition) is 2. The minimum absolute atomic E-state index is 0.240. The van der Waals surface area contributed by atoms with E-state index in [0.717, 1.165) is 11.6 Å². The molecular formula is C10H10FNO2. The molecule has 0 atom stereocenters. The lowest BCUT2D eigenvalue weighted by Crippen LogP contribution is -2.04. The molecule has 0 aromatic heterocycles. The van der Waals surface area contributed by atoms with Crippen molar-refractivity contribution in [3.05, 3.63) is 47.4 Å². The molecule has 0 saturated carbocycles. The van der Waals surface area contributed by atoms with Crippen LogP contribution in [0.5, 0.6) is 0 Å². The summed E-state index contributed by atoms with van der Waals surface area (Å²) in [4.78, 5) is 10.2. The smallest absolute Gasteiger partial charge is 0.330 e. The van der Waals surface area contributed by atoms with Crippen LogP contribution in [0.25, 0.3) is 0 Å². The Bertz CT molecular complexity index is 357. The van der Waals surface area contributed by atoms with E-state index in [4.69, 9.17) is 10.8 Å². The van der Waals surface area contributed by atoms with Crippen molar-refractivity contribution in [2.24, 2.45) is 5.73 Å². The first kappa shape index (κ1) is 10.2. The quantitative estimate of drug-likeness (QED) is 0.714. The highest BCUT2D eigenvalue weighted by atomic mass is 19.1. The lowest BCUT2D eigenvalue weighted by atomic mass is 10.1. The van der Waals surface area contributed by atoms with Gasteiger partial charge in [0.25, 0.3) is 0 Å². The molecular weight excluding hydrogens is 185 g/mol. The monoisotopic (exact) mass is 195 g/mol. The molecule has 0 aliphatic carbocycles. The summed E-state index contributed by atoms with van der Waals surface area (Å²) < 4.78 is 12.5. The van der Waals surface area contributed by atoms with Crippen molar-refractivity contribution in [1.82, 2.24) is 0 Å². The summed E-state index contributed by atoms with van der Waals surface area (Å²) in [5.74, 6) is -1.40. The summed E-state index contributed by atoms with van der Waals surface area (Å²) in [6.45, 7) is 0. The molecule has 0 saturated heterocycles. The lowest BCUT2D eigenvalue weighted by Gasteiger charge is -2.00. The van der Waals surface area contributed by atoms with Crippen LogP contribution < -0.4 is 5.73 Å². The summed E-state index contributed by atoms with van der Waals surface area (Å²) in [5.41, 5.74) is 6.45. The van der Waals surface area contributed by atoms with E-state index >= 15 is 0 Å². The minimum atomic E-state index is -1.08. The average molecular weight is 195 g/mol. The summed E-state index contributed by atoms with van der Waals surface area (Å²) in [6.07, 6.45) is 1.25. The van der Waals surface area contributed by atoms with E-state index < -0.39 is 5.97 Å². The normalized spacial score (nSPS) is 11.4. The molecule has 0 aliphatic heterocycles. The highest BCUT2D eigenvalue weighted by molar-refractivity contribution is 5.80. The number of nitrogens with two attached hydrogens (primary N) is 1. The number of rotatable bonds is 3. The zero-order chi connectivity index (χ0) is 10.6. The van der Waals surface area contributed by atoms with E-state index in [1.165, 1.54) is 12.1 Å². The Morgan fingerprint density at radius 2 is 2.00 bits per heavy atom. The van der Waals surface area contributed by atoms with E-state index in [1.54, 1.807) is 12.1 Å². The Morgan fingerprint density at radius 3 is 2.50 bits per heavy atom. The van der Waals surface area contributed by atoms with Gasteiger partial charge in [0.1, 0.15) is 5.82 Å². The fourth-order valence-electron chi connectivity index (χ4n) is 1.05. The van der Waals surface area contributed by atoms with Gasteiger partial charge in [0.15, 0.2) is 0 Å². The molecule has 0 heterocycles. The van der Waals surface area contributed by atoms with Gasteiger partial charge in [-0.2, -0.15) is 0 Å². The maximum atomic E-state index is 12.5. The third-order valence-electron chi connectivity index (χ3n) is 1.63. The molecule has 0 fully saturated rings. The number of halogens is 1. The van der Waals surface area contributed by atoms with E-state index in [-0.39, 0.29) is 11.5 Å². The van der Waals surface area contributed by atoms with E-state index in [0.29, 0.717) is 6.42 Å². The van der Waals surface area contributed by atoms with E-state index in [1.807, 2.05) is 0 Å². The second kappa shape index (κ2) is 4.41. The second-order valence-electron chi connectivity index (χ2n) is 2.86. The Morgan fingerprint density at radius 1 is 1.43 bits per heavy atom. The number of hydrogen-bond acceptors (Lipinski definition) is 2. The van der Waals surface area contributed by atoms with Crippen LogP contribution in [0, 0.1) is 5.82 Å². The average Bonchev–Trinajstić information content (AvgIpc) is 2.07. The number of carboxylic acids is 1. The fraction of sp³-hybridized carbons (Fsp3) is 0.100. The number of carboxylic acid groups (broad SMARTS) is 1. The van der Waals surface area contributed by atoms with Crippen LogP contribution in [-0.2, 0) is 11.2 Å². The summed E-state index contributed by atoms with van der Waals surface area (Å²) >= 11 is 0. The highest BCUT2D eigenvalue weighted by Crippen LogP contribution is 2.06. The second-order valence-corrected chi connectivity index (χ2v) is 2.86. The zero-order valence-electron chi connectivity index (χ0n) is 7.40. The Balaban J connectivity index is 2.69. The Labute approximate surface area is 80.7 Å². The molecule has 14 heavy (non-hydrogen) atoms. The van der Waals surface area contributed by atoms with Gasteiger partial charge in [0.2, 0.25) is 0 Å². The summed E-state index contributed by atoms with van der Waals surface area (Å²) in [5, 5.41) is 8.39. The summed E-state index contributed by atoms with van der Waals surface area (Å²) in [6, 6.07) is 5.75. The van der Waals surface area contributed by atoms with Crippen molar-refractivity contribution in [3.63, 3.8) is 0 Å². The van der Waals surface area contributed by atoms with Crippen LogP contribution in [0.4, 0.5) is 4.39 Å². The summed E-state index contributed by atoms with van der Waals surface area (Å²) in [7, 11) is 0. The molecule has 74 valence electrons. The van der Waals surface area contributed by atoms with Gasteiger partial charge in [-0.05, 0) is 17.7 Å². The number of allylic oxidation sites excluding steroid dienone is 1. The van der Waals surface area contributed by atoms with Crippen LogP contribution in [0.1, 0.15) is 5.56 Å². The molecule has 1 aromatic rings. The first-order chi connectivity index (χ1) is 6.58. The SMILES string of the molecule is N/C(=C/C(=O)O)Cc1ccc(F)cc1. The van der Waals surface area contributed by atoms with Gasteiger partial charge in [0, 0.05) is 18.2 Å². The van der Waals surface area contributed by atoms with Crippen molar-refractivity contribution in [2.75, 3.05) is 0 Å². The number of carbonyl (C=O) groups is 1. The van der Waals surface area contributed by atoms with Gasteiger partial charge < -0.3 is 10.8 Å². The van der Waals surface area contributed by atoms with Crippen LogP contribution in [-0.4, -0.2) is 11.1 Å². The molecule has 0 bridgehead atoms. The lowest BCUT2D eigenvalue weighted by molar-refractivity contribution is -0.131. The molecule has 0 aliphatic rings. The Hall–Kier alpha value is -1.84. The van der Waals surface area contributed by atoms with Crippen LogP contribution >= 0.6 is 0 Å². The number of benzene rings is 1. The standard InChI is InChI=1S/C10H10FNO2/c11-8-3-1-7(2-4-8)5-9(12)6-10(13)14/h1-4,6H,5,12H2,(H,13,14)/b9-6+. The molecule has 1 rings (SSSR count). The predicted octanol–water partition coefficient (Wildman–Crippen LogP) is 1.30. The minimum Gasteiger partial charge on any atom is -0.478 e. The zero-order valence-corrected chi connectivity index (χ0v) is 7.40. The van der Waals surface area contributed by atoms with Gasteiger partial charge in [-0.15, -0.1) is 0 Å². The van der Waals surface area contributed by atoms with Gasteiger partial charge in [-0.25, -0.2) is 9.18 Å².